The van der Waals surface area contributed by atoms with Crippen LogP contribution in [0.3, 0.4) is 0 Å². The van der Waals surface area contributed by atoms with E-state index in [1.165, 1.54) is 16.7 Å². The van der Waals surface area contributed by atoms with Gasteiger partial charge in [-0.05, 0) is 28.7 Å². The van der Waals surface area contributed by atoms with E-state index < -0.39 is 0 Å². The van der Waals surface area contributed by atoms with Gasteiger partial charge in [-0.25, -0.2) is 0 Å². The molecular weight excluding hydrogens is 222 g/mol. The van der Waals surface area contributed by atoms with Crippen LogP contribution in [0.25, 0.3) is 11.1 Å². The lowest BCUT2D eigenvalue weighted by Gasteiger charge is -2.09. The summed E-state index contributed by atoms with van der Waals surface area (Å²) < 4.78 is 0. The Kier molecular flexibility index (Phi) is 4.13. The Morgan fingerprint density at radius 2 is 1.44 bits per heavy atom. The first-order valence-electron chi connectivity index (χ1n) is 6.30. The van der Waals surface area contributed by atoms with Crippen molar-refractivity contribution in [1.82, 2.24) is 0 Å². The molecule has 2 rings (SSSR count). The van der Waals surface area contributed by atoms with Crippen LogP contribution in [0.2, 0.25) is 0 Å². The highest BCUT2D eigenvalue weighted by Crippen LogP contribution is 2.22. The lowest BCUT2D eigenvalue weighted by molar-refractivity contribution is 0.268. The second kappa shape index (κ2) is 5.80. The highest BCUT2D eigenvalue weighted by molar-refractivity contribution is 5.64. The van der Waals surface area contributed by atoms with Gasteiger partial charge >= 0.3 is 0 Å². The van der Waals surface area contributed by atoms with E-state index in [1.807, 2.05) is 24.3 Å². The first-order valence-corrected chi connectivity index (χ1v) is 6.30. The lowest BCUT2D eigenvalue weighted by Crippen LogP contribution is -2.14. The number of hydrogen-bond acceptors (Lipinski definition) is 2. The molecule has 0 aliphatic carbocycles. The Morgan fingerprint density at radius 1 is 0.944 bits per heavy atom. The standard InChI is InChI=1S/C16H19NO/c1-2-12-3-5-13(6-4-12)14-7-9-15(10-8-14)16(17)11-18/h3-10,16,18H,2,11,17H2,1H3/t16-/m0/s1. The fourth-order valence-electron chi connectivity index (χ4n) is 1.96. The van der Waals surface area contributed by atoms with Gasteiger partial charge in [0.25, 0.3) is 0 Å². The number of aliphatic hydroxyl groups is 1. The minimum atomic E-state index is -0.290. The van der Waals surface area contributed by atoms with Gasteiger partial charge < -0.3 is 10.8 Å². The van der Waals surface area contributed by atoms with Crippen molar-refractivity contribution in [3.05, 3.63) is 59.7 Å². The van der Waals surface area contributed by atoms with E-state index >= 15 is 0 Å². The highest BCUT2D eigenvalue weighted by Gasteiger charge is 2.04. The molecule has 2 aromatic carbocycles. The third-order valence-corrected chi connectivity index (χ3v) is 3.23. The van der Waals surface area contributed by atoms with E-state index in [9.17, 15) is 0 Å². The van der Waals surface area contributed by atoms with Gasteiger partial charge in [0, 0.05) is 0 Å². The minimum Gasteiger partial charge on any atom is -0.394 e. The third-order valence-electron chi connectivity index (χ3n) is 3.23. The fraction of sp³-hybridized carbons (Fsp3) is 0.250. The number of rotatable bonds is 4. The zero-order valence-corrected chi connectivity index (χ0v) is 10.6. The fourth-order valence-corrected chi connectivity index (χ4v) is 1.96. The topological polar surface area (TPSA) is 46.2 Å². The average molecular weight is 241 g/mol. The Hall–Kier alpha value is -1.64. The molecule has 3 N–H and O–H groups in total. The Bertz CT molecular complexity index is 488. The average Bonchev–Trinajstić information content (AvgIpc) is 2.47. The normalized spacial score (nSPS) is 12.4. The van der Waals surface area contributed by atoms with Gasteiger partial charge in [0.05, 0.1) is 12.6 Å². The molecule has 0 saturated carbocycles. The molecule has 0 aromatic heterocycles. The summed E-state index contributed by atoms with van der Waals surface area (Å²) in [5.74, 6) is 0. The quantitative estimate of drug-likeness (QED) is 0.864. The molecule has 2 aromatic rings. The summed E-state index contributed by atoms with van der Waals surface area (Å²) in [7, 11) is 0. The van der Waals surface area contributed by atoms with Crippen molar-refractivity contribution in [3.63, 3.8) is 0 Å². The van der Waals surface area contributed by atoms with Gasteiger partial charge in [-0.2, -0.15) is 0 Å². The van der Waals surface area contributed by atoms with E-state index in [0.29, 0.717) is 0 Å². The molecule has 2 nitrogen and oxygen atoms in total. The van der Waals surface area contributed by atoms with Crippen LogP contribution >= 0.6 is 0 Å². The summed E-state index contributed by atoms with van der Waals surface area (Å²) >= 11 is 0. The van der Waals surface area contributed by atoms with Gasteiger partial charge in [0.1, 0.15) is 0 Å². The van der Waals surface area contributed by atoms with Crippen molar-refractivity contribution >= 4 is 0 Å². The maximum atomic E-state index is 9.01. The molecule has 0 bridgehead atoms. The van der Waals surface area contributed by atoms with Gasteiger partial charge in [-0.1, -0.05) is 55.5 Å². The summed E-state index contributed by atoms with van der Waals surface area (Å²) in [4.78, 5) is 0. The van der Waals surface area contributed by atoms with Crippen molar-refractivity contribution < 1.29 is 5.11 Å². The molecule has 94 valence electrons. The number of hydrogen-bond donors (Lipinski definition) is 2. The minimum absolute atomic E-state index is 0.0233. The van der Waals surface area contributed by atoms with Gasteiger partial charge in [-0.15, -0.1) is 0 Å². The van der Waals surface area contributed by atoms with Crippen LogP contribution in [-0.4, -0.2) is 11.7 Å². The third kappa shape index (κ3) is 2.78. The Morgan fingerprint density at radius 3 is 1.89 bits per heavy atom. The monoisotopic (exact) mass is 241 g/mol. The van der Waals surface area contributed by atoms with Crippen LogP contribution in [-0.2, 0) is 6.42 Å². The van der Waals surface area contributed by atoms with Crippen LogP contribution in [0.5, 0.6) is 0 Å². The number of aryl methyl sites for hydroxylation is 1. The second-order valence-corrected chi connectivity index (χ2v) is 4.46. The first-order chi connectivity index (χ1) is 8.74. The van der Waals surface area contributed by atoms with Crippen molar-refractivity contribution in [3.8, 4) is 11.1 Å². The summed E-state index contributed by atoms with van der Waals surface area (Å²) in [5.41, 5.74) is 10.5. The molecular formula is C16H19NO. The van der Waals surface area contributed by atoms with E-state index in [4.69, 9.17) is 10.8 Å². The van der Waals surface area contributed by atoms with Gasteiger partial charge in [-0.3, -0.25) is 0 Å². The summed E-state index contributed by atoms with van der Waals surface area (Å²) in [6.07, 6.45) is 1.06. The molecule has 0 aliphatic rings. The van der Waals surface area contributed by atoms with Crippen molar-refractivity contribution in [2.45, 2.75) is 19.4 Å². The molecule has 0 heterocycles. The van der Waals surface area contributed by atoms with E-state index in [0.717, 1.165) is 12.0 Å². The number of aliphatic hydroxyl groups excluding tert-OH is 1. The summed E-state index contributed by atoms with van der Waals surface area (Å²) in [6.45, 7) is 2.13. The molecule has 0 radical (unpaired) electrons. The molecule has 0 spiro atoms. The van der Waals surface area contributed by atoms with Crippen molar-refractivity contribution in [2.75, 3.05) is 6.61 Å². The van der Waals surface area contributed by atoms with Crippen molar-refractivity contribution in [1.29, 1.82) is 0 Å². The molecule has 1 atom stereocenters. The van der Waals surface area contributed by atoms with Crippen LogP contribution in [0.1, 0.15) is 24.1 Å². The molecule has 0 amide bonds. The zero-order valence-electron chi connectivity index (χ0n) is 10.6. The zero-order chi connectivity index (χ0) is 13.0. The molecule has 0 saturated heterocycles. The second-order valence-electron chi connectivity index (χ2n) is 4.46. The maximum absolute atomic E-state index is 9.01. The van der Waals surface area contributed by atoms with E-state index in [-0.39, 0.29) is 12.6 Å². The molecule has 0 fully saturated rings. The summed E-state index contributed by atoms with van der Waals surface area (Å²) in [5, 5.41) is 9.01. The maximum Gasteiger partial charge on any atom is 0.0624 e. The smallest absolute Gasteiger partial charge is 0.0624 e. The lowest BCUT2D eigenvalue weighted by atomic mass is 10.00. The Balaban J connectivity index is 2.22. The molecule has 2 heteroatoms. The predicted molar refractivity (Wildman–Crippen MR) is 75.3 cm³/mol. The first kappa shape index (κ1) is 12.8. The summed E-state index contributed by atoms with van der Waals surface area (Å²) in [6, 6.07) is 16.3. The molecule has 0 aliphatic heterocycles. The van der Waals surface area contributed by atoms with Crippen LogP contribution in [0.4, 0.5) is 0 Å². The highest BCUT2D eigenvalue weighted by atomic mass is 16.3. The predicted octanol–water partition coefficient (Wildman–Crippen LogP) is 2.91. The van der Waals surface area contributed by atoms with E-state index in [2.05, 4.69) is 31.2 Å². The SMILES string of the molecule is CCc1ccc(-c2ccc([C@@H](N)CO)cc2)cc1. The van der Waals surface area contributed by atoms with Crippen LogP contribution in [0.15, 0.2) is 48.5 Å². The molecule has 0 unspecified atom stereocenters. The number of nitrogens with two attached hydrogens (primary N) is 1. The van der Waals surface area contributed by atoms with Crippen LogP contribution < -0.4 is 5.73 Å². The van der Waals surface area contributed by atoms with Gasteiger partial charge in [0.2, 0.25) is 0 Å². The van der Waals surface area contributed by atoms with Gasteiger partial charge in [0.15, 0.2) is 0 Å². The van der Waals surface area contributed by atoms with E-state index in [1.54, 1.807) is 0 Å². The molecule has 18 heavy (non-hydrogen) atoms. The largest absolute Gasteiger partial charge is 0.394 e. The van der Waals surface area contributed by atoms with Crippen LogP contribution in [0, 0.1) is 0 Å². The Labute approximate surface area is 108 Å². The number of benzene rings is 2. The van der Waals surface area contributed by atoms with Crippen molar-refractivity contribution in [2.24, 2.45) is 5.73 Å².